The number of primary amides is 1. The van der Waals surface area contributed by atoms with E-state index in [1.54, 1.807) is 15.9 Å². The van der Waals surface area contributed by atoms with Gasteiger partial charge in [0.1, 0.15) is 23.8 Å². The molecule has 1 aliphatic rings. The highest BCUT2D eigenvalue weighted by atomic mass is 19.4. The van der Waals surface area contributed by atoms with Crippen LogP contribution in [0.4, 0.5) is 13.2 Å². The second-order valence-corrected chi connectivity index (χ2v) is 7.92. The largest absolute Gasteiger partial charge is 0.405 e. The summed E-state index contributed by atoms with van der Waals surface area (Å²) >= 11 is 0. The third kappa shape index (κ3) is 5.50. The van der Waals surface area contributed by atoms with Gasteiger partial charge in [0, 0.05) is 50.9 Å². The van der Waals surface area contributed by atoms with Crippen LogP contribution >= 0.6 is 0 Å². The van der Waals surface area contributed by atoms with Crippen LogP contribution in [0.15, 0.2) is 23.1 Å². The van der Waals surface area contributed by atoms with Crippen molar-refractivity contribution in [3.63, 3.8) is 0 Å². The van der Waals surface area contributed by atoms with E-state index in [1.165, 1.54) is 12.3 Å². The average Bonchev–Trinajstić information content (AvgIpc) is 2.75. The number of nitrogens with zero attached hydrogens (tertiary/aromatic N) is 4. The van der Waals surface area contributed by atoms with E-state index in [-0.39, 0.29) is 43.3 Å². The van der Waals surface area contributed by atoms with Crippen molar-refractivity contribution in [3.8, 4) is 0 Å². The lowest BCUT2D eigenvalue weighted by Gasteiger charge is -2.34. The molecule has 0 aliphatic carbocycles. The molecule has 0 spiro atoms. The maximum atomic E-state index is 13.1. The molecule has 1 atom stereocenters. The molecule has 3 N–H and O–H groups in total. The molecule has 33 heavy (non-hydrogen) atoms. The fourth-order valence-corrected chi connectivity index (χ4v) is 3.96. The summed E-state index contributed by atoms with van der Waals surface area (Å²) in [4.78, 5) is 44.8. The maximum Gasteiger partial charge on any atom is 0.405 e. The first-order chi connectivity index (χ1) is 15.5. The molecule has 2 aromatic rings. The number of aromatic nitrogens is 2. The van der Waals surface area contributed by atoms with Crippen LogP contribution in [0.1, 0.15) is 29.8 Å². The van der Waals surface area contributed by atoms with Crippen molar-refractivity contribution < 1.29 is 22.8 Å². The predicted molar refractivity (Wildman–Crippen MR) is 116 cm³/mol. The van der Waals surface area contributed by atoms with Crippen LogP contribution in [0.25, 0.3) is 11.0 Å². The first kappa shape index (κ1) is 24.6. The average molecular weight is 468 g/mol. The van der Waals surface area contributed by atoms with Gasteiger partial charge in [0.05, 0.1) is 0 Å². The van der Waals surface area contributed by atoms with Crippen LogP contribution < -0.4 is 16.6 Å². The van der Waals surface area contributed by atoms with E-state index in [1.807, 2.05) is 13.8 Å². The number of amides is 2. The van der Waals surface area contributed by atoms with Crippen LogP contribution in [0.3, 0.4) is 0 Å². The summed E-state index contributed by atoms with van der Waals surface area (Å²) < 4.78 is 40.3. The van der Waals surface area contributed by atoms with Gasteiger partial charge in [0.25, 0.3) is 11.5 Å². The van der Waals surface area contributed by atoms with E-state index < -0.39 is 23.7 Å². The van der Waals surface area contributed by atoms with Gasteiger partial charge in [0.15, 0.2) is 0 Å². The Morgan fingerprint density at radius 2 is 1.97 bits per heavy atom. The van der Waals surface area contributed by atoms with Gasteiger partial charge < -0.3 is 16.0 Å². The zero-order valence-corrected chi connectivity index (χ0v) is 18.5. The molecule has 2 aromatic heterocycles. The lowest BCUT2D eigenvalue weighted by molar-refractivity contribution is -0.165. The Labute approximate surface area is 188 Å². The van der Waals surface area contributed by atoms with Crippen molar-refractivity contribution in [1.82, 2.24) is 24.7 Å². The summed E-state index contributed by atoms with van der Waals surface area (Å²) in [5, 5.41) is 2.87. The highest BCUT2D eigenvalue weighted by Gasteiger charge is 2.41. The Morgan fingerprint density at radius 3 is 2.58 bits per heavy atom. The van der Waals surface area contributed by atoms with Gasteiger partial charge in [-0.2, -0.15) is 13.2 Å². The van der Waals surface area contributed by atoms with Gasteiger partial charge in [-0.25, -0.2) is 4.98 Å². The number of halogens is 3. The van der Waals surface area contributed by atoms with Gasteiger partial charge in [-0.15, -0.1) is 0 Å². The Morgan fingerprint density at radius 1 is 1.27 bits per heavy atom. The van der Waals surface area contributed by atoms with Crippen LogP contribution in [0.2, 0.25) is 0 Å². The van der Waals surface area contributed by atoms with Gasteiger partial charge >= 0.3 is 6.18 Å². The molecule has 0 radical (unpaired) electrons. The van der Waals surface area contributed by atoms with Crippen molar-refractivity contribution in [3.05, 3.63) is 39.8 Å². The summed E-state index contributed by atoms with van der Waals surface area (Å²) in [6.45, 7) is 4.86. The molecule has 0 saturated carbocycles. The number of alkyl halides is 3. The molecule has 1 fully saturated rings. The second-order valence-electron chi connectivity index (χ2n) is 7.92. The fourth-order valence-electron chi connectivity index (χ4n) is 3.96. The molecule has 12 heteroatoms. The minimum atomic E-state index is -4.34. The molecule has 1 saturated heterocycles. The lowest BCUT2D eigenvalue weighted by atomic mass is 10.1. The van der Waals surface area contributed by atoms with Crippen LogP contribution in [-0.2, 0) is 17.9 Å². The van der Waals surface area contributed by atoms with Crippen molar-refractivity contribution in [2.45, 2.75) is 39.2 Å². The van der Waals surface area contributed by atoms with E-state index in [2.05, 4.69) is 10.3 Å². The molecule has 0 aromatic carbocycles. The maximum absolute atomic E-state index is 13.1. The highest BCUT2D eigenvalue weighted by Crippen LogP contribution is 2.23. The molecular formula is C21H27F3N6O3. The van der Waals surface area contributed by atoms with Crippen LogP contribution in [0, 0.1) is 0 Å². The summed E-state index contributed by atoms with van der Waals surface area (Å²) in [5.74, 6) is -1.25. The molecule has 1 aliphatic heterocycles. The Hall–Kier alpha value is -2.99. The molecule has 180 valence electrons. The van der Waals surface area contributed by atoms with Crippen molar-refractivity contribution in [2.75, 3.05) is 32.7 Å². The Kier molecular flexibility index (Phi) is 7.38. The molecule has 9 nitrogen and oxygen atoms in total. The number of rotatable bonds is 7. The smallest absolute Gasteiger partial charge is 0.365 e. The third-order valence-corrected chi connectivity index (χ3v) is 5.72. The Bertz CT molecular complexity index is 1100. The summed E-state index contributed by atoms with van der Waals surface area (Å²) in [7, 11) is 0. The number of nitrogens with two attached hydrogens (primary N) is 1. The second kappa shape index (κ2) is 9.87. The number of hydrogen-bond donors (Lipinski definition) is 2. The molecule has 3 rings (SSSR count). The van der Waals surface area contributed by atoms with E-state index in [9.17, 15) is 27.6 Å². The molecule has 2 amide bonds. The monoisotopic (exact) mass is 468 g/mol. The number of fused-ring (bicyclic) bond motifs is 1. The Balaban J connectivity index is 1.95. The van der Waals surface area contributed by atoms with Gasteiger partial charge in [-0.3, -0.25) is 23.9 Å². The third-order valence-electron chi connectivity index (χ3n) is 5.72. The van der Waals surface area contributed by atoms with E-state index in [0.717, 1.165) is 4.57 Å². The number of pyridine rings is 2. The quantitative estimate of drug-likeness (QED) is 0.619. The number of hydrogen-bond acceptors (Lipinski definition) is 6. The number of carbonyl (C=O) groups is 2. The molecule has 1 unspecified atom stereocenters. The summed E-state index contributed by atoms with van der Waals surface area (Å²) in [6.07, 6.45) is -2.88. The van der Waals surface area contributed by atoms with E-state index in [0.29, 0.717) is 30.6 Å². The standard InChI is InChI=1S/C21H27F3N6O3/c1-3-29(4-2)17(31)12-30-19-14(8-15(18(25)32)20(30)33)7-13(9-27-19)10-28-6-5-26-16(11-28)21(22,23)24/h7-9,16,26H,3-6,10-12H2,1-2H3,(H2,25,32). The fraction of sp³-hybridized carbons (Fsp3) is 0.524. The van der Waals surface area contributed by atoms with Crippen LogP contribution in [-0.4, -0.2) is 76.1 Å². The van der Waals surface area contributed by atoms with Crippen molar-refractivity contribution >= 4 is 22.8 Å². The summed E-state index contributed by atoms with van der Waals surface area (Å²) in [6, 6.07) is 1.35. The molecule has 0 bridgehead atoms. The van der Waals surface area contributed by atoms with Crippen molar-refractivity contribution in [2.24, 2.45) is 5.73 Å². The van der Waals surface area contributed by atoms with Gasteiger partial charge in [0.2, 0.25) is 5.91 Å². The minimum absolute atomic E-state index is 0.197. The minimum Gasteiger partial charge on any atom is -0.365 e. The zero-order chi connectivity index (χ0) is 24.3. The topological polar surface area (TPSA) is 114 Å². The van der Waals surface area contributed by atoms with Crippen molar-refractivity contribution in [1.29, 1.82) is 0 Å². The highest BCUT2D eigenvalue weighted by molar-refractivity contribution is 5.96. The predicted octanol–water partition coefficient (Wildman–Crippen LogP) is 0.700. The number of piperazine rings is 1. The normalized spacial score (nSPS) is 17.3. The molecular weight excluding hydrogens is 441 g/mol. The van der Waals surface area contributed by atoms with Gasteiger partial charge in [-0.05, 0) is 31.5 Å². The van der Waals surface area contributed by atoms with Gasteiger partial charge in [-0.1, -0.05) is 0 Å². The van der Waals surface area contributed by atoms with Crippen LogP contribution in [0.5, 0.6) is 0 Å². The number of carbonyl (C=O) groups excluding carboxylic acids is 2. The van der Waals surface area contributed by atoms with E-state index in [4.69, 9.17) is 5.73 Å². The first-order valence-electron chi connectivity index (χ1n) is 10.7. The zero-order valence-electron chi connectivity index (χ0n) is 18.5. The summed E-state index contributed by atoms with van der Waals surface area (Å²) in [5.41, 5.74) is 5.18. The SMILES string of the molecule is CCN(CC)C(=O)Cn1c(=O)c(C(N)=O)cc2cc(CN3CCNC(C(F)(F)F)C3)cnc21. The number of nitrogens with one attached hydrogen (secondary N) is 1. The lowest BCUT2D eigenvalue weighted by Crippen LogP contribution is -2.56. The molecule has 3 heterocycles. The van der Waals surface area contributed by atoms with E-state index >= 15 is 0 Å². The first-order valence-corrected chi connectivity index (χ1v) is 10.7. The number of likely N-dealkylation sites (N-methyl/N-ethyl adjacent to an activating group) is 1.